The largest absolute Gasteiger partial charge is 0.394 e. The van der Waals surface area contributed by atoms with Crippen LogP contribution in [0.15, 0.2) is 0 Å². The van der Waals surface area contributed by atoms with E-state index in [0.717, 1.165) is 6.54 Å². The number of alkyl halides is 1. The average Bonchev–Trinajstić information content (AvgIpc) is 2.02. The van der Waals surface area contributed by atoms with Crippen LogP contribution in [0.5, 0.6) is 0 Å². The highest BCUT2D eigenvalue weighted by molar-refractivity contribution is 14.1. The molecule has 2 N–H and O–H groups in total. The maximum absolute atomic E-state index is 8.49. The third-order valence-electron chi connectivity index (χ3n) is 1.61. The molecular formula is C8H19IN2O2. The summed E-state index contributed by atoms with van der Waals surface area (Å²) in [5.74, 6) is 0. The van der Waals surface area contributed by atoms with Crippen molar-refractivity contribution < 1.29 is 9.84 Å². The van der Waals surface area contributed by atoms with Crippen LogP contribution in [-0.4, -0.2) is 47.1 Å². The first-order valence-electron chi connectivity index (χ1n) is 4.35. The predicted molar refractivity (Wildman–Crippen MR) is 61.8 cm³/mol. The zero-order valence-corrected chi connectivity index (χ0v) is 10.7. The van der Waals surface area contributed by atoms with E-state index >= 15 is 0 Å². The molecule has 0 aliphatic heterocycles. The second-order valence-corrected chi connectivity index (χ2v) is 5.76. The lowest BCUT2D eigenvalue weighted by atomic mass is 10.4. The molecular weight excluding hydrogens is 283 g/mol. The molecule has 13 heavy (non-hydrogen) atoms. The van der Waals surface area contributed by atoms with E-state index in [-0.39, 0.29) is 10.2 Å². The molecule has 0 atom stereocenters. The van der Waals surface area contributed by atoms with Crippen LogP contribution < -0.4 is 5.43 Å². The van der Waals surface area contributed by atoms with Crippen LogP contribution in [0.4, 0.5) is 0 Å². The van der Waals surface area contributed by atoms with E-state index in [0.29, 0.717) is 13.2 Å². The van der Waals surface area contributed by atoms with Crippen molar-refractivity contribution in [2.75, 3.05) is 33.4 Å². The van der Waals surface area contributed by atoms with Crippen LogP contribution in [0.3, 0.4) is 0 Å². The van der Waals surface area contributed by atoms with E-state index in [4.69, 9.17) is 9.84 Å². The molecule has 0 aliphatic rings. The number of aliphatic hydroxyl groups excluding tert-OH is 1. The lowest BCUT2D eigenvalue weighted by Crippen LogP contribution is -2.48. The lowest BCUT2D eigenvalue weighted by molar-refractivity contribution is 0.0497. The van der Waals surface area contributed by atoms with Gasteiger partial charge in [-0.3, -0.25) is 5.43 Å². The quantitative estimate of drug-likeness (QED) is 0.238. The molecule has 0 rings (SSSR count). The molecule has 0 unspecified atom stereocenters. The van der Waals surface area contributed by atoms with Gasteiger partial charge in [-0.25, -0.2) is 5.01 Å². The summed E-state index contributed by atoms with van der Waals surface area (Å²) in [4.78, 5) is 0. The average molecular weight is 302 g/mol. The molecule has 0 aromatic rings. The Balaban J connectivity index is 3.61. The molecule has 0 saturated heterocycles. The van der Waals surface area contributed by atoms with Crippen molar-refractivity contribution in [1.82, 2.24) is 10.4 Å². The first-order chi connectivity index (χ1) is 6.02. The molecule has 0 heterocycles. The Morgan fingerprint density at radius 3 is 2.46 bits per heavy atom. The molecule has 0 fully saturated rings. The molecule has 0 radical (unpaired) electrons. The summed E-state index contributed by atoms with van der Waals surface area (Å²) in [5, 5.41) is 10.6. The van der Waals surface area contributed by atoms with Gasteiger partial charge in [0.1, 0.15) is 0 Å². The third kappa shape index (κ3) is 6.62. The predicted octanol–water partition coefficient (Wildman–Crippen LogP) is 0.603. The number of aliphatic hydroxyl groups is 1. The normalized spacial score (nSPS) is 12.5. The van der Waals surface area contributed by atoms with Crippen LogP contribution in [0.1, 0.15) is 13.8 Å². The minimum Gasteiger partial charge on any atom is -0.394 e. The van der Waals surface area contributed by atoms with Crippen LogP contribution in [0.2, 0.25) is 0 Å². The molecule has 4 nitrogen and oxygen atoms in total. The molecule has 0 aliphatic carbocycles. The number of ether oxygens (including phenoxy) is 1. The highest BCUT2D eigenvalue weighted by Gasteiger charge is 2.20. The summed E-state index contributed by atoms with van der Waals surface area (Å²) < 4.78 is 5.24. The minimum atomic E-state index is 0.0646. The van der Waals surface area contributed by atoms with Gasteiger partial charge in [0.15, 0.2) is 0 Å². The summed E-state index contributed by atoms with van der Waals surface area (Å²) in [7, 11) is 1.90. The number of rotatable bonds is 7. The molecule has 80 valence electrons. The van der Waals surface area contributed by atoms with Gasteiger partial charge in [0.25, 0.3) is 0 Å². The van der Waals surface area contributed by atoms with E-state index in [1.54, 1.807) is 0 Å². The van der Waals surface area contributed by atoms with E-state index < -0.39 is 0 Å². The number of hydrogen-bond donors (Lipinski definition) is 2. The molecule has 0 saturated carbocycles. The van der Waals surface area contributed by atoms with Crippen LogP contribution >= 0.6 is 22.6 Å². The van der Waals surface area contributed by atoms with Gasteiger partial charge in [0.2, 0.25) is 0 Å². The molecule has 0 aromatic heterocycles. The summed E-state index contributed by atoms with van der Waals surface area (Å²) in [6.45, 7) is 6.19. The highest BCUT2D eigenvalue weighted by Crippen LogP contribution is 2.19. The smallest absolute Gasteiger partial charge is 0.0809 e. The van der Waals surface area contributed by atoms with Gasteiger partial charge < -0.3 is 9.84 Å². The van der Waals surface area contributed by atoms with Crippen LogP contribution in [0.25, 0.3) is 0 Å². The second-order valence-electron chi connectivity index (χ2n) is 3.12. The van der Waals surface area contributed by atoms with Crippen molar-refractivity contribution in [3.8, 4) is 0 Å². The third-order valence-corrected chi connectivity index (χ3v) is 2.19. The Kier molecular flexibility index (Phi) is 7.25. The first kappa shape index (κ1) is 13.6. The number of halogens is 1. The second kappa shape index (κ2) is 6.94. The molecule has 5 heteroatoms. The van der Waals surface area contributed by atoms with Crippen molar-refractivity contribution in [2.24, 2.45) is 0 Å². The van der Waals surface area contributed by atoms with Gasteiger partial charge in [-0.2, -0.15) is 0 Å². The molecule has 0 amide bonds. The molecule has 0 bridgehead atoms. The lowest BCUT2D eigenvalue weighted by Gasteiger charge is -2.32. The summed E-state index contributed by atoms with van der Waals surface area (Å²) in [5.41, 5.74) is 3.10. The molecule has 0 aromatic carbocycles. The Labute approximate surface area is 93.7 Å². The zero-order valence-electron chi connectivity index (χ0n) is 8.51. The van der Waals surface area contributed by atoms with E-state index in [1.165, 1.54) is 0 Å². The Morgan fingerprint density at radius 2 is 2.08 bits per heavy atom. The molecule has 0 spiro atoms. The highest BCUT2D eigenvalue weighted by atomic mass is 127. The van der Waals surface area contributed by atoms with Crippen molar-refractivity contribution in [3.05, 3.63) is 0 Å². The van der Waals surface area contributed by atoms with E-state index in [1.807, 2.05) is 7.05 Å². The SMILES string of the molecule is CNN(CCOCCO)C(C)(C)I. The van der Waals surface area contributed by atoms with Crippen molar-refractivity contribution in [1.29, 1.82) is 0 Å². The topological polar surface area (TPSA) is 44.7 Å². The zero-order chi connectivity index (χ0) is 10.3. The van der Waals surface area contributed by atoms with E-state index in [2.05, 4.69) is 46.9 Å². The summed E-state index contributed by atoms with van der Waals surface area (Å²) in [6.07, 6.45) is 0. The van der Waals surface area contributed by atoms with Gasteiger partial charge in [-0.15, -0.1) is 0 Å². The first-order valence-corrected chi connectivity index (χ1v) is 5.42. The monoisotopic (exact) mass is 302 g/mol. The summed E-state index contributed by atoms with van der Waals surface area (Å²) >= 11 is 2.36. The van der Waals surface area contributed by atoms with Gasteiger partial charge in [-0.05, 0) is 20.9 Å². The van der Waals surface area contributed by atoms with E-state index in [9.17, 15) is 0 Å². The van der Waals surface area contributed by atoms with Gasteiger partial charge in [-0.1, -0.05) is 22.6 Å². The van der Waals surface area contributed by atoms with Crippen molar-refractivity contribution in [2.45, 2.75) is 17.4 Å². The Hall–Kier alpha value is 0.570. The Morgan fingerprint density at radius 1 is 1.46 bits per heavy atom. The van der Waals surface area contributed by atoms with Gasteiger partial charge >= 0.3 is 0 Å². The number of hydrogen-bond acceptors (Lipinski definition) is 4. The Bertz CT molecular complexity index is 128. The minimum absolute atomic E-state index is 0.0646. The van der Waals surface area contributed by atoms with Crippen molar-refractivity contribution in [3.63, 3.8) is 0 Å². The van der Waals surface area contributed by atoms with Crippen LogP contribution in [-0.2, 0) is 4.74 Å². The number of nitrogens with one attached hydrogen (secondary N) is 1. The maximum atomic E-state index is 8.49. The maximum Gasteiger partial charge on any atom is 0.0809 e. The van der Waals surface area contributed by atoms with Crippen molar-refractivity contribution >= 4 is 22.6 Å². The number of nitrogens with zero attached hydrogens (tertiary/aromatic N) is 1. The standard InChI is InChI=1S/C8H19IN2O2/c1-8(2,9)11(10-3)4-6-13-7-5-12/h10,12H,4-7H2,1-3H3. The fourth-order valence-electron chi connectivity index (χ4n) is 0.966. The fourth-order valence-corrected chi connectivity index (χ4v) is 1.45. The van der Waals surface area contributed by atoms with Crippen LogP contribution in [0, 0.1) is 0 Å². The van der Waals surface area contributed by atoms with Gasteiger partial charge in [0.05, 0.1) is 23.4 Å². The fraction of sp³-hybridized carbons (Fsp3) is 1.00. The number of hydrazine groups is 1. The summed E-state index contributed by atoms with van der Waals surface area (Å²) in [6, 6.07) is 0. The van der Waals surface area contributed by atoms with Gasteiger partial charge in [0, 0.05) is 6.54 Å².